The van der Waals surface area contributed by atoms with E-state index in [1.54, 1.807) is 0 Å². The Morgan fingerprint density at radius 3 is 1.83 bits per heavy atom. The standard InChI is InChI=1S/C33H34N2O/c1-34-33(31(25-13-5-2-6-14-25)26-15-7-3-8-16-26)32(27-21-23-35(33)24-22-27)29-19-11-12-20-30(29)36-28-17-9-4-10-18-28/h2-20,27,31-32,34H,21-24H2,1H3/t32-,33?/m1/s1. The van der Waals surface area contributed by atoms with Gasteiger partial charge in [0.25, 0.3) is 0 Å². The molecule has 0 aliphatic carbocycles. The summed E-state index contributed by atoms with van der Waals surface area (Å²) in [6.07, 6.45) is 2.42. The molecular formula is C33H34N2O. The first-order valence-electron chi connectivity index (χ1n) is 13.2. The van der Waals surface area contributed by atoms with Gasteiger partial charge < -0.3 is 10.1 Å². The second kappa shape index (κ2) is 9.93. The predicted octanol–water partition coefficient (Wildman–Crippen LogP) is 7.04. The zero-order chi connectivity index (χ0) is 24.4. The van der Waals surface area contributed by atoms with Crippen molar-refractivity contribution in [1.82, 2.24) is 10.2 Å². The van der Waals surface area contributed by atoms with Crippen LogP contribution >= 0.6 is 0 Å². The van der Waals surface area contributed by atoms with Crippen molar-refractivity contribution < 1.29 is 4.74 Å². The predicted molar refractivity (Wildman–Crippen MR) is 147 cm³/mol. The van der Waals surface area contributed by atoms with Crippen molar-refractivity contribution in [3.63, 3.8) is 0 Å². The molecule has 4 aromatic rings. The van der Waals surface area contributed by atoms with Crippen molar-refractivity contribution >= 4 is 0 Å². The van der Waals surface area contributed by atoms with Crippen LogP contribution in [0.5, 0.6) is 11.5 Å². The van der Waals surface area contributed by atoms with E-state index in [4.69, 9.17) is 4.74 Å². The Morgan fingerprint density at radius 1 is 0.722 bits per heavy atom. The summed E-state index contributed by atoms with van der Waals surface area (Å²) in [5.41, 5.74) is 3.70. The summed E-state index contributed by atoms with van der Waals surface area (Å²) in [6, 6.07) is 41.0. The lowest BCUT2D eigenvalue weighted by Gasteiger charge is -2.62. The summed E-state index contributed by atoms with van der Waals surface area (Å²) < 4.78 is 6.55. The maximum Gasteiger partial charge on any atom is 0.131 e. The van der Waals surface area contributed by atoms with Gasteiger partial charge in [0.15, 0.2) is 0 Å². The summed E-state index contributed by atoms with van der Waals surface area (Å²) in [5.74, 6) is 2.86. The van der Waals surface area contributed by atoms with Crippen LogP contribution in [0.15, 0.2) is 115 Å². The minimum Gasteiger partial charge on any atom is -0.457 e. The van der Waals surface area contributed by atoms with Gasteiger partial charge in [-0.25, -0.2) is 0 Å². The van der Waals surface area contributed by atoms with Crippen LogP contribution in [-0.4, -0.2) is 30.7 Å². The molecule has 3 saturated heterocycles. The van der Waals surface area contributed by atoms with E-state index in [9.17, 15) is 0 Å². The number of fused-ring (bicyclic) bond motifs is 3. The topological polar surface area (TPSA) is 24.5 Å². The largest absolute Gasteiger partial charge is 0.457 e. The summed E-state index contributed by atoms with van der Waals surface area (Å²) in [7, 11) is 2.16. The lowest BCUT2D eigenvalue weighted by Crippen LogP contribution is -2.71. The highest BCUT2D eigenvalue weighted by molar-refractivity contribution is 5.47. The first-order chi connectivity index (χ1) is 17.8. The highest BCUT2D eigenvalue weighted by Gasteiger charge is 2.58. The average molecular weight is 475 g/mol. The number of rotatable bonds is 7. The van der Waals surface area contributed by atoms with Gasteiger partial charge in [-0.05, 0) is 55.1 Å². The third-order valence-electron chi connectivity index (χ3n) is 8.34. The van der Waals surface area contributed by atoms with Crippen LogP contribution in [0.4, 0.5) is 0 Å². The highest BCUT2D eigenvalue weighted by atomic mass is 16.5. The van der Waals surface area contributed by atoms with Crippen LogP contribution in [0.1, 0.15) is 41.4 Å². The number of nitrogens with zero attached hydrogens (tertiary/aromatic N) is 1. The Labute approximate surface area is 214 Å². The van der Waals surface area contributed by atoms with Gasteiger partial charge in [-0.15, -0.1) is 0 Å². The van der Waals surface area contributed by atoms with Crippen LogP contribution < -0.4 is 10.1 Å². The van der Waals surface area contributed by atoms with Crippen molar-refractivity contribution in [3.8, 4) is 11.5 Å². The SMILES string of the molecule is CNC1(C(c2ccccc2)c2ccccc2)[C@@H](c2ccccc2Oc2ccccc2)C2CCN1CC2. The van der Waals surface area contributed by atoms with E-state index < -0.39 is 0 Å². The van der Waals surface area contributed by atoms with Crippen molar-refractivity contribution in [3.05, 3.63) is 132 Å². The quantitative estimate of drug-likeness (QED) is 0.311. The van der Waals surface area contributed by atoms with Gasteiger partial charge in [-0.2, -0.15) is 0 Å². The molecule has 1 unspecified atom stereocenters. The normalized spacial score (nSPS) is 25.1. The molecule has 7 rings (SSSR count). The molecule has 3 aliphatic heterocycles. The fraction of sp³-hybridized carbons (Fsp3) is 0.273. The molecule has 3 aliphatic rings. The summed E-state index contributed by atoms with van der Waals surface area (Å²) in [5, 5.41) is 3.96. The minimum atomic E-state index is -0.278. The Hall–Kier alpha value is -3.40. The number of benzene rings is 4. The number of hydrogen-bond donors (Lipinski definition) is 1. The number of likely N-dealkylation sites (N-methyl/N-ethyl adjacent to an activating group) is 1. The molecule has 3 heterocycles. The third kappa shape index (κ3) is 3.93. The zero-order valence-electron chi connectivity index (χ0n) is 20.9. The van der Waals surface area contributed by atoms with E-state index in [-0.39, 0.29) is 17.5 Å². The molecule has 3 heteroatoms. The van der Waals surface area contributed by atoms with Crippen LogP contribution in [0.2, 0.25) is 0 Å². The monoisotopic (exact) mass is 474 g/mol. The Kier molecular flexibility index (Phi) is 6.35. The van der Waals surface area contributed by atoms with Crippen molar-refractivity contribution in [2.45, 2.75) is 30.3 Å². The fourth-order valence-corrected chi connectivity index (χ4v) is 6.91. The molecule has 3 fully saturated rings. The van der Waals surface area contributed by atoms with Crippen molar-refractivity contribution in [1.29, 1.82) is 0 Å². The number of ether oxygens (including phenoxy) is 1. The number of piperidine rings is 3. The molecule has 3 nitrogen and oxygen atoms in total. The van der Waals surface area contributed by atoms with Gasteiger partial charge in [0.1, 0.15) is 11.5 Å². The van der Waals surface area contributed by atoms with Gasteiger partial charge in [0, 0.05) is 30.5 Å². The van der Waals surface area contributed by atoms with Gasteiger partial charge >= 0.3 is 0 Å². The van der Waals surface area contributed by atoms with E-state index in [1.165, 1.54) is 29.5 Å². The third-order valence-corrected chi connectivity index (χ3v) is 8.34. The highest BCUT2D eigenvalue weighted by Crippen LogP contribution is 2.57. The van der Waals surface area contributed by atoms with Crippen molar-refractivity contribution in [2.75, 3.05) is 20.1 Å². The van der Waals surface area contributed by atoms with Crippen LogP contribution in [0.25, 0.3) is 0 Å². The molecular weight excluding hydrogens is 440 g/mol. The van der Waals surface area contributed by atoms with Gasteiger partial charge in [-0.1, -0.05) is 97.1 Å². The zero-order valence-corrected chi connectivity index (χ0v) is 20.9. The fourth-order valence-electron chi connectivity index (χ4n) is 6.91. The molecule has 0 saturated carbocycles. The maximum atomic E-state index is 6.55. The molecule has 182 valence electrons. The summed E-state index contributed by atoms with van der Waals surface area (Å²) >= 11 is 0. The number of hydrogen-bond acceptors (Lipinski definition) is 3. The molecule has 1 N–H and O–H groups in total. The molecule has 0 radical (unpaired) electrons. The van der Waals surface area contributed by atoms with Crippen molar-refractivity contribution in [2.24, 2.45) is 5.92 Å². The van der Waals surface area contributed by atoms with E-state index in [2.05, 4.69) is 102 Å². The lowest BCUT2D eigenvalue weighted by atomic mass is 9.60. The Morgan fingerprint density at radius 2 is 1.25 bits per heavy atom. The maximum absolute atomic E-state index is 6.55. The summed E-state index contributed by atoms with van der Waals surface area (Å²) in [6.45, 7) is 2.22. The first-order valence-corrected chi connectivity index (χ1v) is 13.2. The number of para-hydroxylation sites is 2. The molecule has 2 atom stereocenters. The molecule has 0 spiro atoms. The van der Waals surface area contributed by atoms with Gasteiger partial charge in [-0.3, -0.25) is 4.90 Å². The van der Waals surface area contributed by atoms with Gasteiger partial charge in [0.05, 0.1) is 5.66 Å². The summed E-state index contributed by atoms with van der Waals surface area (Å²) in [4.78, 5) is 2.72. The molecule has 0 amide bonds. The van der Waals surface area contributed by atoms with E-state index in [0.717, 1.165) is 24.6 Å². The van der Waals surface area contributed by atoms with Gasteiger partial charge in [0.2, 0.25) is 0 Å². The Bertz CT molecular complexity index is 1230. The van der Waals surface area contributed by atoms with E-state index in [1.807, 2.05) is 30.3 Å². The average Bonchev–Trinajstić information content (AvgIpc) is 2.96. The molecule has 36 heavy (non-hydrogen) atoms. The second-order valence-corrected chi connectivity index (χ2v) is 10.1. The minimum absolute atomic E-state index is 0.169. The molecule has 2 bridgehead atoms. The van der Waals surface area contributed by atoms with Crippen LogP contribution in [0.3, 0.4) is 0 Å². The molecule has 0 aromatic heterocycles. The van der Waals surface area contributed by atoms with Crippen LogP contribution in [0, 0.1) is 5.92 Å². The molecule has 4 aromatic carbocycles. The van der Waals surface area contributed by atoms with E-state index >= 15 is 0 Å². The van der Waals surface area contributed by atoms with E-state index in [0.29, 0.717) is 5.92 Å². The number of nitrogens with one attached hydrogen (secondary N) is 1. The van der Waals surface area contributed by atoms with Crippen LogP contribution in [-0.2, 0) is 0 Å². The first kappa shape index (κ1) is 23.0. The Balaban J connectivity index is 1.55. The second-order valence-electron chi connectivity index (χ2n) is 10.1. The smallest absolute Gasteiger partial charge is 0.131 e. The lowest BCUT2D eigenvalue weighted by molar-refractivity contribution is -0.0799.